The fourth-order valence-electron chi connectivity index (χ4n) is 5.58. The number of amides is 2. The number of hydrogen-bond donors (Lipinski definition) is 2. The van der Waals surface area contributed by atoms with Gasteiger partial charge in [-0.2, -0.15) is 0 Å². The minimum atomic E-state index is -1.16. The number of carbonyl (C=O) groups is 3. The molecule has 0 radical (unpaired) electrons. The van der Waals surface area contributed by atoms with Crippen molar-refractivity contribution in [1.82, 2.24) is 4.90 Å². The van der Waals surface area contributed by atoms with E-state index in [0.717, 1.165) is 23.1 Å². The first kappa shape index (κ1) is 29.4. The molecule has 0 spiro atoms. The van der Waals surface area contributed by atoms with Gasteiger partial charge in [0.25, 0.3) is 5.91 Å². The summed E-state index contributed by atoms with van der Waals surface area (Å²) in [6.07, 6.45) is -0.0216. The van der Waals surface area contributed by atoms with E-state index in [2.05, 4.69) is 0 Å². The van der Waals surface area contributed by atoms with Gasteiger partial charge in [-0.3, -0.25) is 9.59 Å². The quantitative estimate of drug-likeness (QED) is 0.383. The molecule has 1 fully saturated rings. The van der Waals surface area contributed by atoms with Gasteiger partial charge in [-0.1, -0.05) is 30.7 Å². The standard InChI is InChI=1S/C32H33ClN2O7/c1-4-18(2)42-28-16-25-21(13-27(28)41-3)14-29(37)35(30(25)19-5-9-22(33)10-6-19)23-11-7-20(8-12-23)31(38)34-17-24(36)15-26(34)32(39)40/h5-13,16,18,24,26,30,36H,4,14-15,17H2,1-3H3,(H,39,40)/t18-,24?,26?,30+/m1/s1. The second-order valence-corrected chi connectivity index (χ2v) is 11.1. The van der Waals surface area contributed by atoms with Crippen molar-refractivity contribution in [1.29, 1.82) is 0 Å². The monoisotopic (exact) mass is 592 g/mol. The summed E-state index contributed by atoms with van der Waals surface area (Å²) in [6.45, 7) is 3.96. The molecule has 3 aromatic carbocycles. The number of carboxylic acids is 1. The summed E-state index contributed by atoms with van der Waals surface area (Å²) in [4.78, 5) is 41.5. The number of nitrogens with zero attached hydrogens (tertiary/aromatic N) is 2. The average Bonchev–Trinajstić information content (AvgIpc) is 3.38. The minimum Gasteiger partial charge on any atom is -0.493 e. The molecule has 1 saturated heterocycles. The summed E-state index contributed by atoms with van der Waals surface area (Å²) in [7, 11) is 1.57. The molecule has 3 aromatic rings. The lowest BCUT2D eigenvalue weighted by atomic mass is 9.86. The molecule has 4 atom stereocenters. The Labute approximate surface area is 249 Å². The topological polar surface area (TPSA) is 117 Å². The highest BCUT2D eigenvalue weighted by Gasteiger charge is 2.40. The van der Waals surface area contributed by atoms with Gasteiger partial charge in [-0.25, -0.2) is 4.79 Å². The van der Waals surface area contributed by atoms with Crippen LogP contribution in [0.1, 0.15) is 59.8 Å². The van der Waals surface area contributed by atoms with Crippen molar-refractivity contribution in [2.24, 2.45) is 0 Å². The zero-order chi connectivity index (χ0) is 30.1. The normalized spacial score (nSPS) is 20.7. The first-order chi connectivity index (χ1) is 20.1. The van der Waals surface area contributed by atoms with E-state index in [-0.39, 0.29) is 37.0 Å². The Balaban J connectivity index is 1.55. The van der Waals surface area contributed by atoms with Crippen molar-refractivity contribution in [2.75, 3.05) is 18.6 Å². The van der Waals surface area contributed by atoms with Crippen molar-refractivity contribution in [2.45, 2.75) is 57.4 Å². The fraction of sp³-hybridized carbons (Fsp3) is 0.344. The van der Waals surface area contributed by atoms with Crippen LogP contribution in [0.2, 0.25) is 5.02 Å². The van der Waals surface area contributed by atoms with Crippen LogP contribution in [0.4, 0.5) is 5.69 Å². The zero-order valence-corrected chi connectivity index (χ0v) is 24.4. The summed E-state index contributed by atoms with van der Waals surface area (Å²) in [5, 5.41) is 20.1. The van der Waals surface area contributed by atoms with E-state index in [1.165, 1.54) is 4.90 Å². The Morgan fingerprint density at radius 1 is 1.07 bits per heavy atom. The van der Waals surface area contributed by atoms with Gasteiger partial charge in [-0.05, 0) is 78.6 Å². The van der Waals surface area contributed by atoms with E-state index < -0.39 is 30.1 Å². The number of aliphatic hydroxyl groups is 1. The van der Waals surface area contributed by atoms with Crippen LogP contribution < -0.4 is 14.4 Å². The number of aliphatic carboxylic acids is 1. The lowest BCUT2D eigenvalue weighted by molar-refractivity contribution is -0.141. The van der Waals surface area contributed by atoms with Crippen LogP contribution in [-0.4, -0.2) is 64.8 Å². The largest absolute Gasteiger partial charge is 0.493 e. The number of methoxy groups -OCH3 is 1. The van der Waals surface area contributed by atoms with Gasteiger partial charge in [-0.15, -0.1) is 0 Å². The molecule has 0 bridgehead atoms. The highest BCUT2D eigenvalue weighted by atomic mass is 35.5. The number of benzene rings is 3. The van der Waals surface area contributed by atoms with Gasteiger partial charge in [0.15, 0.2) is 11.5 Å². The number of likely N-dealkylation sites (tertiary alicyclic amines) is 1. The maximum atomic E-state index is 13.8. The maximum Gasteiger partial charge on any atom is 0.326 e. The Hall–Kier alpha value is -4.08. The molecule has 2 N–H and O–H groups in total. The van der Waals surface area contributed by atoms with Crippen LogP contribution >= 0.6 is 11.6 Å². The van der Waals surface area contributed by atoms with Gasteiger partial charge < -0.3 is 29.5 Å². The lowest BCUT2D eigenvalue weighted by Gasteiger charge is -2.38. The van der Waals surface area contributed by atoms with E-state index in [1.807, 2.05) is 38.1 Å². The number of hydrogen-bond acceptors (Lipinski definition) is 6. The molecule has 2 unspecified atom stereocenters. The summed E-state index contributed by atoms with van der Waals surface area (Å²) in [6, 6.07) is 16.0. The lowest BCUT2D eigenvalue weighted by Crippen LogP contribution is -2.41. The van der Waals surface area contributed by atoms with E-state index in [1.54, 1.807) is 48.4 Å². The molecule has 0 saturated carbocycles. The number of carboxylic acid groups (broad SMARTS) is 1. The smallest absolute Gasteiger partial charge is 0.326 e. The van der Waals surface area contributed by atoms with E-state index in [9.17, 15) is 24.6 Å². The number of aliphatic hydroxyl groups excluding tert-OH is 1. The zero-order valence-electron chi connectivity index (χ0n) is 23.6. The van der Waals surface area contributed by atoms with Gasteiger partial charge in [0.1, 0.15) is 6.04 Å². The molecule has 10 heteroatoms. The molecule has 2 heterocycles. The molecular formula is C32H33ClN2O7. The second kappa shape index (κ2) is 12.0. The van der Waals surface area contributed by atoms with Crippen molar-refractivity contribution >= 4 is 35.1 Å². The second-order valence-electron chi connectivity index (χ2n) is 10.7. The van der Waals surface area contributed by atoms with Crippen LogP contribution in [0.5, 0.6) is 11.5 Å². The van der Waals surface area contributed by atoms with Gasteiger partial charge in [0, 0.05) is 29.2 Å². The van der Waals surface area contributed by atoms with Crippen molar-refractivity contribution in [3.05, 3.63) is 87.9 Å². The molecule has 9 nitrogen and oxygen atoms in total. The third-order valence-corrected chi connectivity index (χ3v) is 8.15. The summed E-state index contributed by atoms with van der Waals surface area (Å²) in [5.41, 5.74) is 3.37. The van der Waals surface area contributed by atoms with E-state index >= 15 is 0 Å². The van der Waals surface area contributed by atoms with Crippen molar-refractivity contribution in [3.63, 3.8) is 0 Å². The molecule has 0 aromatic heterocycles. The Morgan fingerprint density at radius 2 is 1.76 bits per heavy atom. The summed E-state index contributed by atoms with van der Waals surface area (Å²) in [5.74, 6) is -0.657. The third-order valence-electron chi connectivity index (χ3n) is 7.89. The molecule has 2 aliphatic heterocycles. The fourth-order valence-corrected chi connectivity index (χ4v) is 5.70. The van der Waals surface area contributed by atoms with Gasteiger partial charge in [0.2, 0.25) is 5.91 Å². The Bertz CT molecular complexity index is 1490. The van der Waals surface area contributed by atoms with E-state index in [0.29, 0.717) is 22.2 Å². The maximum absolute atomic E-state index is 13.8. The number of halogens is 1. The average molecular weight is 593 g/mol. The number of β-amino-alcohol motifs (C(OH)–C–C–N with tert-alkyl or cyclic N) is 1. The van der Waals surface area contributed by atoms with Gasteiger partial charge >= 0.3 is 5.97 Å². The van der Waals surface area contributed by atoms with Gasteiger partial charge in [0.05, 0.1) is 31.8 Å². The molecule has 0 aliphatic carbocycles. The third kappa shape index (κ3) is 5.67. The molecule has 220 valence electrons. The van der Waals surface area contributed by atoms with Crippen LogP contribution in [0.3, 0.4) is 0 Å². The predicted molar refractivity (Wildman–Crippen MR) is 157 cm³/mol. The first-order valence-corrected chi connectivity index (χ1v) is 14.3. The van der Waals surface area contributed by atoms with E-state index in [4.69, 9.17) is 21.1 Å². The molecule has 5 rings (SSSR count). The number of anilines is 1. The number of fused-ring (bicyclic) bond motifs is 1. The van der Waals surface area contributed by atoms with Crippen molar-refractivity contribution < 1.29 is 34.1 Å². The Kier molecular flexibility index (Phi) is 8.43. The number of carbonyl (C=O) groups excluding carboxylic acids is 2. The van der Waals surface area contributed by atoms with Crippen LogP contribution in [-0.2, 0) is 16.0 Å². The summed E-state index contributed by atoms with van der Waals surface area (Å²) >= 11 is 6.21. The summed E-state index contributed by atoms with van der Waals surface area (Å²) < 4.78 is 11.8. The molecule has 42 heavy (non-hydrogen) atoms. The predicted octanol–water partition coefficient (Wildman–Crippen LogP) is 4.86. The highest BCUT2D eigenvalue weighted by Crippen LogP contribution is 2.44. The highest BCUT2D eigenvalue weighted by molar-refractivity contribution is 6.30. The molecule has 2 aliphatic rings. The van der Waals surface area contributed by atoms with Crippen LogP contribution in [0.25, 0.3) is 0 Å². The molecular weight excluding hydrogens is 560 g/mol. The Morgan fingerprint density at radius 3 is 2.38 bits per heavy atom. The number of rotatable bonds is 8. The minimum absolute atomic E-state index is 0.0167. The first-order valence-electron chi connectivity index (χ1n) is 13.9. The van der Waals surface area contributed by atoms with Crippen LogP contribution in [0.15, 0.2) is 60.7 Å². The number of ether oxygens (including phenoxy) is 2. The van der Waals surface area contributed by atoms with Crippen molar-refractivity contribution in [3.8, 4) is 11.5 Å². The van der Waals surface area contributed by atoms with Crippen LogP contribution in [0, 0.1) is 0 Å². The molecule has 2 amide bonds. The SMILES string of the molecule is CC[C@@H](C)Oc1cc2c(cc1OC)CC(=O)N(c1ccc(C(=O)N3CC(O)CC3C(=O)O)cc1)[C@H]2c1ccc(Cl)cc1.